The minimum absolute atomic E-state index is 0.0735. The molecule has 180 valence electrons. The molecule has 0 saturated carbocycles. The summed E-state index contributed by atoms with van der Waals surface area (Å²) in [5.41, 5.74) is 3.25. The summed E-state index contributed by atoms with van der Waals surface area (Å²) in [7, 11) is 0. The fourth-order valence-electron chi connectivity index (χ4n) is 3.61. The van der Waals surface area contributed by atoms with Gasteiger partial charge in [-0.05, 0) is 24.3 Å². The smallest absolute Gasteiger partial charge is 0.414 e. The molecule has 3 N–H and O–H groups in total. The van der Waals surface area contributed by atoms with Crippen molar-refractivity contribution in [2.75, 3.05) is 26.2 Å². The second-order valence-corrected chi connectivity index (χ2v) is 7.73. The van der Waals surface area contributed by atoms with Gasteiger partial charge in [-0.2, -0.15) is 9.90 Å². The van der Waals surface area contributed by atoms with E-state index < -0.39 is 11.9 Å². The summed E-state index contributed by atoms with van der Waals surface area (Å²) in [6, 6.07) is 17.6. The third-order valence-electron chi connectivity index (χ3n) is 5.35. The first-order valence-corrected chi connectivity index (χ1v) is 10.8. The van der Waals surface area contributed by atoms with Gasteiger partial charge in [-0.15, -0.1) is 5.10 Å². The maximum Gasteiger partial charge on any atom is 0.414 e. The number of carbonyl (C=O) groups is 3. The molecule has 12 heteroatoms. The predicted octanol–water partition coefficient (Wildman–Crippen LogP) is 1.26. The molecule has 35 heavy (non-hydrogen) atoms. The molecule has 1 aliphatic heterocycles. The number of imidazole rings is 1. The largest absolute Gasteiger partial charge is 0.473 e. The highest BCUT2D eigenvalue weighted by molar-refractivity contribution is 6.27. The van der Waals surface area contributed by atoms with E-state index >= 15 is 0 Å². The van der Waals surface area contributed by atoms with Gasteiger partial charge in [-0.1, -0.05) is 30.3 Å². The van der Waals surface area contributed by atoms with Gasteiger partial charge >= 0.3 is 11.9 Å². The van der Waals surface area contributed by atoms with Gasteiger partial charge in [0.1, 0.15) is 5.82 Å². The number of amides is 1. The van der Waals surface area contributed by atoms with Crippen molar-refractivity contribution in [2.24, 2.45) is 0 Å². The lowest BCUT2D eigenvalue weighted by molar-refractivity contribution is -0.159. The Labute approximate surface area is 199 Å². The molecular formula is C23H23N7O5. The standard InChI is InChI=1S/C21H21N7O.C2H2O4/c29-21(19-14-22-28(25-19)16-6-2-1-3-7-16)27-12-10-26(11-13-27)15-20-23-17-8-4-5-9-18(17)24-20;3-1(4)2(5)6/h1-9,14H,10-13,15H2,(H,23,24);(H,3,4)(H,5,6). The maximum absolute atomic E-state index is 12.8. The minimum Gasteiger partial charge on any atom is -0.473 e. The van der Waals surface area contributed by atoms with Crippen molar-refractivity contribution < 1.29 is 24.6 Å². The van der Waals surface area contributed by atoms with Crippen molar-refractivity contribution in [3.05, 3.63) is 72.3 Å². The Hall–Kier alpha value is -4.58. The van der Waals surface area contributed by atoms with Gasteiger partial charge in [-0.3, -0.25) is 9.69 Å². The van der Waals surface area contributed by atoms with Crippen molar-refractivity contribution in [3.63, 3.8) is 0 Å². The highest BCUT2D eigenvalue weighted by Crippen LogP contribution is 2.14. The van der Waals surface area contributed by atoms with Crippen LogP contribution in [0.25, 0.3) is 16.7 Å². The summed E-state index contributed by atoms with van der Waals surface area (Å²) in [4.78, 5) is 44.6. The topological polar surface area (TPSA) is 158 Å². The lowest BCUT2D eigenvalue weighted by Gasteiger charge is -2.33. The van der Waals surface area contributed by atoms with Crippen LogP contribution in [-0.2, 0) is 16.1 Å². The van der Waals surface area contributed by atoms with Crippen molar-refractivity contribution in [1.82, 2.24) is 34.8 Å². The van der Waals surface area contributed by atoms with Crippen LogP contribution in [0.1, 0.15) is 16.3 Å². The SMILES string of the molecule is O=C(O)C(=O)O.O=C(c1cnn(-c2ccccc2)n1)N1CCN(Cc2nc3ccccc3[nH]2)CC1. The second-order valence-electron chi connectivity index (χ2n) is 7.73. The van der Waals surface area contributed by atoms with Gasteiger partial charge in [0.25, 0.3) is 5.91 Å². The number of para-hydroxylation sites is 3. The molecule has 0 atom stereocenters. The predicted molar refractivity (Wildman–Crippen MR) is 124 cm³/mol. The number of hydrogen-bond acceptors (Lipinski definition) is 7. The Kier molecular flexibility index (Phi) is 7.12. The van der Waals surface area contributed by atoms with Gasteiger partial charge in [0, 0.05) is 26.2 Å². The molecule has 0 radical (unpaired) electrons. The lowest BCUT2D eigenvalue weighted by Crippen LogP contribution is -2.48. The number of rotatable bonds is 4. The van der Waals surface area contributed by atoms with E-state index in [1.165, 1.54) is 11.0 Å². The van der Waals surface area contributed by atoms with Gasteiger partial charge in [0.15, 0.2) is 5.69 Å². The summed E-state index contributed by atoms with van der Waals surface area (Å²) in [6.07, 6.45) is 1.54. The van der Waals surface area contributed by atoms with Crippen LogP contribution in [0, 0.1) is 0 Å². The summed E-state index contributed by atoms with van der Waals surface area (Å²) in [6.45, 7) is 3.68. The van der Waals surface area contributed by atoms with E-state index in [1.54, 1.807) is 0 Å². The van der Waals surface area contributed by atoms with E-state index in [0.29, 0.717) is 18.8 Å². The first-order chi connectivity index (χ1) is 16.9. The minimum atomic E-state index is -1.82. The molecule has 1 saturated heterocycles. The van der Waals surface area contributed by atoms with Crippen LogP contribution in [0.2, 0.25) is 0 Å². The Bertz CT molecular complexity index is 1280. The van der Waals surface area contributed by atoms with Crippen molar-refractivity contribution in [1.29, 1.82) is 0 Å². The molecule has 2 aromatic carbocycles. The molecular weight excluding hydrogens is 454 g/mol. The van der Waals surface area contributed by atoms with Gasteiger partial charge in [0.2, 0.25) is 0 Å². The number of carbonyl (C=O) groups excluding carboxylic acids is 1. The molecule has 0 spiro atoms. The average Bonchev–Trinajstić information content (AvgIpc) is 3.52. The molecule has 0 unspecified atom stereocenters. The Balaban J connectivity index is 0.000000431. The molecule has 1 aliphatic rings. The number of piperazine rings is 1. The summed E-state index contributed by atoms with van der Waals surface area (Å²) in [5, 5.41) is 23.4. The number of aromatic nitrogens is 5. The number of nitrogens with zero attached hydrogens (tertiary/aromatic N) is 6. The molecule has 5 rings (SSSR count). The van der Waals surface area contributed by atoms with Crippen LogP contribution < -0.4 is 0 Å². The lowest BCUT2D eigenvalue weighted by atomic mass is 10.3. The molecule has 12 nitrogen and oxygen atoms in total. The summed E-state index contributed by atoms with van der Waals surface area (Å²) in [5.74, 6) is -2.77. The van der Waals surface area contributed by atoms with E-state index in [-0.39, 0.29) is 5.91 Å². The molecule has 3 heterocycles. The average molecular weight is 477 g/mol. The molecule has 0 bridgehead atoms. The molecule has 2 aromatic heterocycles. The first-order valence-electron chi connectivity index (χ1n) is 10.8. The summed E-state index contributed by atoms with van der Waals surface area (Å²) < 4.78 is 0. The van der Waals surface area contributed by atoms with Crippen molar-refractivity contribution in [2.45, 2.75) is 6.54 Å². The highest BCUT2D eigenvalue weighted by atomic mass is 16.4. The maximum atomic E-state index is 12.8. The quantitative estimate of drug-likeness (QED) is 0.368. The molecule has 0 aliphatic carbocycles. The van der Waals surface area contributed by atoms with Crippen LogP contribution in [0.3, 0.4) is 0 Å². The van der Waals surface area contributed by atoms with Gasteiger partial charge in [-0.25, -0.2) is 14.6 Å². The van der Waals surface area contributed by atoms with Crippen LogP contribution >= 0.6 is 0 Å². The first kappa shape index (κ1) is 23.6. The van der Waals surface area contributed by atoms with E-state index in [9.17, 15) is 4.79 Å². The highest BCUT2D eigenvalue weighted by Gasteiger charge is 2.24. The van der Waals surface area contributed by atoms with Crippen molar-refractivity contribution in [3.8, 4) is 5.69 Å². The number of benzene rings is 2. The zero-order valence-corrected chi connectivity index (χ0v) is 18.6. The van der Waals surface area contributed by atoms with Crippen LogP contribution in [-0.4, -0.2) is 89.0 Å². The third kappa shape index (κ3) is 5.86. The van der Waals surface area contributed by atoms with E-state index in [0.717, 1.165) is 42.2 Å². The number of carboxylic acids is 2. The van der Waals surface area contributed by atoms with Crippen molar-refractivity contribution >= 4 is 28.9 Å². The number of nitrogens with one attached hydrogen (secondary N) is 1. The molecule has 4 aromatic rings. The number of hydrogen-bond donors (Lipinski definition) is 3. The van der Waals surface area contributed by atoms with Gasteiger partial charge in [0.05, 0.1) is 29.5 Å². The Morgan fingerprint density at radius 1 is 0.886 bits per heavy atom. The number of aromatic amines is 1. The molecule has 1 amide bonds. The number of aliphatic carboxylic acids is 2. The number of H-pyrrole nitrogens is 1. The van der Waals surface area contributed by atoms with E-state index in [4.69, 9.17) is 19.8 Å². The zero-order valence-electron chi connectivity index (χ0n) is 18.6. The van der Waals surface area contributed by atoms with Crippen LogP contribution in [0.15, 0.2) is 60.8 Å². The number of fused-ring (bicyclic) bond motifs is 1. The van der Waals surface area contributed by atoms with Crippen LogP contribution in [0.4, 0.5) is 0 Å². The summed E-state index contributed by atoms with van der Waals surface area (Å²) >= 11 is 0. The van der Waals surface area contributed by atoms with Gasteiger partial charge < -0.3 is 20.1 Å². The third-order valence-corrected chi connectivity index (χ3v) is 5.35. The van der Waals surface area contributed by atoms with E-state index in [2.05, 4.69) is 25.1 Å². The second kappa shape index (κ2) is 10.6. The molecule has 1 fully saturated rings. The van der Waals surface area contributed by atoms with Crippen LogP contribution in [0.5, 0.6) is 0 Å². The fraction of sp³-hybridized carbons (Fsp3) is 0.217. The Morgan fingerprint density at radius 3 is 2.20 bits per heavy atom. The monoisotopic (exact) mass is 477 g/mol. The fourth-order valence-corrected chi connectivity index (χ4v) is 3.61. The normalized spacial score (nSPS) is 13.8. The number of carboxylic acid groups (broad SMARTS) is 2. The zero-order chi connectivity index (χ0) is 24.8. The Morgan fingerprint density at radius 2 is 1.54 bits per heavy atom. The van der Waals surface area contributed by atoms with E-state index in [1.807, 2.05) is 59.5 Å².